The van der Waals surface area contributed by atoms with E-state index in [0.717, 1.165) is 37.8 Å². The van der Waals surface area contributed by atoms with Crippen molar-refractivity contribution < 1.29 is 27.9 Å². The minimum absolute atomic E-state index is 0.0601. The molecule has 6 heteroatoms. The van der Waals surface area contributed by atoms with Gasteiger partial charge in [0.15, 0.2) is 11.6 Å². The number of methoxy groups -OCH3 is 1. The van der Waals surface area contributed by atoms with Gasteiger partial charge in [-0.25, -0.2) is 8.78 Å². The van der Waals surface area contributed by atoms with Crippen molar-refractivity contribution in [1.82, 2.24) is 0 Å². The molecule has 0 heterocycles. The number of ketones is 2. The smallest absolute Gasteiger partial charge is 0.313 e. The molecule has 124 valence electrons. The lowest BCUT2D eigenvalue weighted by molar-refractivity contribution is -0.142. The average Bonchev–Trinajstić information content (AvgIpc) is 2.50. The third-order valence-electron chi connectivity index (χ3n) is 3.20. The number of carbonyl (C=O) groups excluding carboxylic acids is 3. The fourth-order valence-corrected chi connectivity index (χ4v) is 1.94. The molecule has 0 saturated heterocycles. The van der Waals surface area contributed by atoms with E-state index in [-0.39, 0.29) is 12.0 Å². The van der Waals surface area contributed by atoms with Crippen molar-refractivity contribution in [1.29, 1.82) is 0 Å². The lowest BCUT2D eigenvalue weighted by Gasteiger charge is -2.06. The van der Waals surface area contributed by atoms with E-state index >= 15 is 0 Å². The molecule has 23 heavy (non-hydrogen) atoms. The van der Waals surface area contributed by atoms with Crippen molar-refractivity contribution in [3.63, 3.8) is 0 Å². The van der Waals surface area contributed by atoms with Gasteiger partial charge in [0, 0.05) is 0 Å². The largest absolute Gasteiger partial charge is 0.469 e. The predicted octanol–water partition coefficient (Wildman–Crippen LogP) is 3.40. The van der Waals surface area contributed by atoms with Crippen molar-refractivity contribution in [2.45, 2.75) is 32.6 Å². The van der Waals surface area contributed by atoms with Gasteiger partial charge in [0.25, 0.3) is 0 Å². The summed E-state index contributed by atoms with van der Waals surface area (Å²) in [4.78, 5) is 35.3. The second-order valence-electron chi connectivity index (χ2n) is 4.91. The summed E-state index contributed by atoms with van der Waals surface area (Å²) in [6.07, 6.45) is 1.99. The quantitative estimate of drug-likeness (QED) is 0.318. The van der Waals surface area contributed by atoms with Crippen LogP contribution in [0.1, 0.15) is 43.0 Å². The molecule has 0 aromatic heterocycles. The van der Waals surface area contributed by atoms with Crippen molar-refractivity contribution in [3.05, 3.63) is 47.0 Å². The van der Waals surface area contributed by atoms with Crippen LogP contribution >= 0.6 is 0 Å². The van der Waals surface area contributed by atoms with Crippen LogP contribution in [-0.2, 0) is 14.3 Å². The number of rotatable bonds is 8. The maximum Gasteiger partial charge on any atom is 0.313 e. The van der Waals surface area contributed by atoms with Gasteiger partial charge in [0.2, 0.25) is 0 Å². The Hall–Kier alpha value is -2.37. The Balaban J connectivity index is 3.10. The van der Waals surface area contributed by atoms with Gasteiger partial charge >= 0.3 is 5.97 Å². The van der Waals surface area contributed by atoms with Crippen LogP contribution in [-0.4, -0.2) is 24.6 Å². The summed E-state index contributed by atoms with van der Waals surface area (Å²) in [6.45, 7) is 1.89. The third-order valence-corrected chi connectivity index (χ3v) is 3.20. The number of halogens is 2. The summed E-state index contributed by atoms with van der Waals surface area (Å²) >= 11 is 0. The molecule has 0 aliphatic rings. The maximum atomic E-state index is 13.6. The molecule has 0 atom stereocenters. The molecule has 0 saturated carbocycles. The number of unbranched alkanes of at least 4 members (excludes halogenated alkanes) is 1. The molecular weight excluding hydrogens is 306 g/mol. The zero-order chi connectivity index (χ0) is 17.4. The van der Waals surface area contributed by atoms with E-state index in [9.17, 15) is 23.2 Å². The molecule has 0 aliphatic heterocycles. The molecule has 0 aliphatic carbocycles. The number of esters is 1. The summed E-state index contributed by atoms with van der Waals surface area (Å²) in [5.41, 5.74) is -0.655. The van der Waals surface area contributed by atoms with Gasteiger partial charge in [-0.15, -0.1) is 0 Å². The van der Waals surface area contributed by atoms with Gasteiger partial charge < -0.3 is 4.74 Å². The zero-order valence-corrected chi connectivity index (χ0v) is 13.0. The first-order chi connectivity index (χ1) is 10.9. The monoisotopic (exact) mass is 324 g/mol. The molecule has 1 aromatic rings. The SMILES string of the molecule is CCCC/C(=C/C(=O)c1c(F)cccc1F)C(=O)CC(=O)OC. The Kier molecular flexibility index (Phi) is 7.25. The van der Waals surface area contributed by atoms with Crippen molar-refractivity contribution in [3.8, 4) is 0 Å². The maximum absolute atomic E-state index is 13.6. The summed E-state index contributed by atoms with van der Waals surface area (Å²) in [5.74, 6) is -4.26. The van der Waals surface area contributed by atoms with Crippen LogP contribution in [0.25, 0.3) is 0 Å². The van der Waals surface area contributed by atoms with Crippen molar-refractivity contribution in [2.75, 3.05) is 7.11 Å². The van der Waals surface area contributed by atoms with Crippen LogP contribution in [0.4, 0.5) is 8.78 Å². The number of hydrogen-bond donors (Lipinski definition) is 0. The van der Waals surface area contributed by atoms with Gasteiger partial charge in [-0.3, -0.25) is 14.4 Å². The van der Waals surface area contributed by atoms with Gasteiger partial charge in [-0.2, -0.15) is 0 Å². The molecule has 0 unspecified atom stereocenters. The van der Waals surface area contributed by atoms with Crippen LogP contribution in [0.3, 0.4) is 0 Å². The topological polar surface area (TPSA) is 60.4 Å². The highest BCUT2D eigenvalue weighted by Crippen LogP contribution is 2.17. The summed E-state index contributed by atoms with van der Waals surface area (Å²) in [6, 6.07) is 3.07. The Labute approximate surface area is 133 Å². The van der Waals surface area contributed by atoms with Crippen LogP contribution < -0.4 is 0 Å². The van der Waals surface area contributed by atoms with Crippen LogP contribution in [0.15, 0.2) is 29.8 Å². The van der Waals surface area contributed by atoms with E-state index in [2.05, 4.69) is 4.74 Å². The number of carbonyl (C=O) groups is 3. The minimum Gasteiger partial charge on any atom is -0.469 e. The molecule has 0 spiro atoms. The van der Waals surface area contributed by atoms with E-state index < -0.39 is 41.2 Å². The first kappa shape index (κ1) is 18.7. The molecule has 0 N–H and O–H groups in total. The highest BCUT2D eigenvalue weighted by molar-refractivity contribution is 6.13. The average molecular weight is 324 g/mol. The van der Waals surface area contributed by atoms with Crippen LogP contribution in [0.5, 0.6) is 0 Å². The van der Waals surface area contributed by atoms with Crippen LogP contribution in [0, 0.1) is 11.6 Å². The second-order valence-corrected chi connectivity index (χ2v) is 4.91. The summed E-state index contributed by atoms with van der Waals surface area (Å²) in [7, 11) is 1.14. The normalized spacial score (nSPS) is 11.2. The molecular formula is C17H18F2O4. The van der Waals surface area contributed by atoms with Gasteiger partial charge in [-0.05, 0) is 36.6 Å². The van der Waals surface area contributed by atoms with Crippen molar-refractivity contribution >= 4 is 17.5 Å². The lowest BCUT2D eigenvalue weighted by Crippen LogP contribution is -2.13. The summed E-state index contributed by atoms with van der Waals surface area (Å²) in [5, 5.41) is 0. The first-order valence-electron chi connectivity index (χ1n) is 7.19. The molecule has 0 fully saturated rings. The van der Waals surface area contributed by atoms with E-state index in [4.69, 9.17) is 0 Å². The number of benzene rings is 1. The Morgan fingerprint density at radius 3 is 2.30 bits per heavy atom. The molecule has 0 bridgehead atoms. The molecule has 0 amide bonds. The Morgan fingerprint density at radius 2 is 1.78 bits per heavy atom. The minimum atomic E-state index is -0.999. The number of hydrogen-bond acceptors (Lipinski definition) is 4. The third kappa shape index (κ3) is 5.39. The number of Topliss-reactive ketones (excluding diaryl/α,β-unsaturated/α-hetero) is 1. The van der Waals surface area contributed by atoms with Gasteiger partial charge in [0.1, 0.15) is 18.1 Å². The lowest BCUT2D eigenvalue weighted by atomic mass is 9.98. The van der Waals surface area contributed by atoms with E-state index in [1.807, 2.05) is 6.92 Å². The molecule has 1 rings (SSSR count). The molecule has 1 aromatic carbocycles. The fourth-order valence-electron chi connectivity index (χ4n) is 1.94. The van der Waals surface area contributed by atoms with Gasteiger partial charge in [0.05, 0.1) is 12.7 Å². The van der Waals surface area contributed by atoms with Crippen molar-refractivity contribution in [2.24, 2.45) is 0 Å². The standard InChI is InChI=1S/C17H18F2O4/c1-3-4-6-11(14(20)10-16(22)23-2)9-15(21)17-12(18)7-5-8-13(17)19/h5,7-9H,3-4,6,10H2,1-2H3/b11-9-. The highest BCUT2D eigenvalue weighted by atomic mass is 19.1. The predicted molar refractivity (Wildman–Crippen MR) is 79.9 cm³/mol. The molecule has 4 nitrogen and oxygen atoms in total. The Bertz CT molecular complexity index is 615. The van der Waals surface area contributed by atoms with Gasteiger partial charge in [-0.1, -0.05) is 19.4 Å². The molecule has 0 radical (unpaired) electrons. The Morgan fingerprint density at radius 1 is 1.17 bits per heavy atom. The number of ether oxygens (including phenoxy) is 1. The number of allylic oxidation sites excluding steroid dienone is 2. The van der Waals surface area contributed by atoms with E-state index in [0.29, 0.717) is 6.42 Å². The second kappa shape index (κ2) is 8.92. The van der Waals surface area contributed by atoms with Crippen LogP contribution in [0.2, 0.25) is 0 Å². The van der Waals surface area contributed by atoms with E-state index in [1.165, 1.54) is 0 Å². The summed E-state index contributed by atoms with van der Waals surface area (Å²) < 4.78 is 31.7. The fraction of sp³-hybridized carbons (Fsp3) is 0.353. The zero-order valence-electron chi connectivity index (χ0n) is 13.0. The first-order valence-corrected chi connectivity index (χ1v) is 7.19. The highest BCUT2D eigenvalue weighted by Gasteiger charge is 2.19. The van der Waals surface area contributed by atoms with E-state index in [1.54, 1.807) is 0 Å².